The van der Waals surface area contributed by atoms with Crippen LogP contribution in [0.1, 0.15) is 0 Å². The van der Waals surface area contributed by atoms with Crippen LogP contribution in [0.15, 0.2) is 127 Å². The third-order valence-corrected chi connectivity index (χ3v) is 7.36. The maximum Gasteiger partial charge on any atom is 0.0406 e. The second-order valence-electron chi connectivity index (χ2n) is 9.07. The summed E-state index contributed by atoms with van der Waals surface area (Å²) in [4.78, 5) is 0. The van der Waals surface area contributed by atoms with Gasteiger partial charge in [-0.25, -0.2) is 0 Å². The zero-order valence-corrected chi connectivity index (χ0v) is 19.8. The van der Waals surface area contributed by atoms with Crippen LogP contribution in [0.5, 0.6) is 0 Å². The van der Waals surface area contributed by atoms with Crippen LogP contribution >= 0.6 is 11.6 Å². The van der Waals surface area contributed by atoms with Gasteiger partial charge in [0.1, 0.15) is 0 Å². The van der Waals surface area contributed by atoms with Gasteiger partial charge < -0.3 is 0 Å². The molecule has 1 heteroatoms. The van der Waals surface area contributed by atoms with Crippen LogP contribution in [0.3, 0.4) is 0 Å². The molecule has 0 saturated carbocycles. The van der Waals surface area contributed by atoms with E-state index in [1.54, 1.807) is 0 Å². The van der Waals surface area contributed by atoms with Gasteiger partial charge in [-0.05, 0) is 83.9 Å². The Balaban J connectivity index is 1.66. The van der Waals surface area contributed by atoms with Gasteiger partial charge in [-0.2, -0.15) is 0 Å². The van der Waals surface area contributed by atoms with E-state index in [1.807, 2.05) is 12.1 Å². The highest BCUT2D eigenvalue weighted by Crippen LogP contribution is 2.45. The second kappa shape index (κ2) is 7.98. The molecule has 7 rings (SSSR count). The van der Waals surface area contributed by atoms with Crippen LogP contribution in [0.4, 0.5) is 0 Å². The van der Waals surface area contributed by atoms with Crippen molar-refractivity contribution in [2.75, 3.05) is 0 Å². The molecule has 0 bridgehead atoms. The molecule has 0 N–H and O–H groups in total. The Morgan fingerprint density at radius 1 is 0.371 bits per heavy atom. The van der Waals surface area contributed by atoms with Crippen LogP contribution in [-0.4, -0.2) is 0 Å². The number of hydrogen-bond acceptors (Lipinski definition) is 0. The lowest BCUT2D eigenvalue weighted by Gasteiger charge is -2.19. The monoisotopic (exact) mass is 464 g/mol. The molecule has 0 unspecified atom stereocenters. The first-order valence-corrected chi connectivity index (χ1v) is 12.3. The lowest BCUT2D eigenvalue weighted by molar-refractivity contribution is 1.63. The molecule has 7 aromatic rings. The first-order valence-electron chi connectivity index (χ1n) is 11.9. The highest BCUT2D eigenvalue weighted by Gasteiger charge is 2.18. The normalized spacial score (nSPS) is 11.6. The van der Waals surface area contributed by atoms with Crippen molar-refractivity contribution in [2.24, 2.45) is 0 Å². The van der Waals surface area contributed by atoms with Crippen molar-refractivity contribution < 1.29 is 0 Å². The minimum Gasteiger partial charge on any atom is -0.0843 e. The van der Waals surface area contributed by atoms with Crippen LogP contribution in [0.2, 0.25) is 5.02 Å². The molecule has 0 amide bonds. The molecule has 0 aromatic heterocycles. The fraction of sp³-hybridized carbons (Fsp3) is 0. The van der Waals surface area contributed by atoms with Gasteiger partial charge in [0.25, 0.3) is 0 Å². The molecule has 7 aromatic carbocycles. The smallest absolute Gasteiger partial charge is 0.0406 e. The third kappa shape index (κ3) is 3.22. The van der Waals surface area contributed by atoms with Gasteiger partial charge in [0.15, 0.2) is 0 Å². The number of rotatable bonds is 3. The van der Waals surface area contributed by atoms with E-state index in [0.717, 1.165) is 5.02 Å². The van der Waals surface area contributed by atoms with Crippen molar-refractivity contribution in [3.63, 3.8) is 0 Å². The van der Waals surface area contributed by atoms with Crippen molar-refractivity contribution in [1.29, 1.82) is 0 Å². The van der Waals surface area contributed by atoms with Gasteiger partial charge in [0.05, 0.1) is 0 Å². The Labute approximate surface area is 209 Å². The van der Waals surface area contributed by atoms with Gasteiger partial charge in [-0.1, -0.05) is 121 Å². The van der Waals surface area contributed by atoms with E-state index in [2.05, 4.69) is 115 Å². The predicted molar refractivity (Wildman–Crippen MR) is 151 cm³/mol. The Hall–Kier alpha value is -4.13. The summed E-state index contributed by atoms with van der Waals surface area (Å²) in [6, 6.07) is 45.6. The van der Waals surface area contributed by atoms with E-state index in [4.69, 9.17) is 11.6 Å². The summed E-state index contributed by atoms with van der Waals surface area (Å²) in [5.74, 6) is 0. The summed E-state index contributed by atoms with van der Waals surface area (Å²) in [6.45, 7) is 0. The van der Waals surface area contributed by atoms with E-state index < -0.39 is 0 Å². The largest absolute Gasteiger partial charge is 0.0843 e. The Kier molecular flexibility index (Phi) is 4.62. The summed E-state index contributed by atoms with van der Waals surface area (Å²) in [5, 5.41) is 8.52. The molecule has 0 fully saturated rings. The zero-order valence-electron chi connectivity index (χ0n) is 19.0. The van der Waals surface area contributed by atoms with Gasteiger partial charge in [-0.15, -0.1) is 0 Å². The summed E-state index contributed by atoms with van der Waals surface area (Å²) >= 11 is 6.24. The van der Waals surface area contributed by atoms with Crippen molar-refractivity contribution in [2.45, 2.75) is 0 Å². The molecule has 35 heavy (non-hydrogen) atoms. The standard InChI is InChI=1S/C34H21Cl/c35-26-15-11-24(12-16-26)32-21-31(23-9-5-2-6-10-23)29-18-14-25-13-17-27(22-7-3-1-4-8-22)28-19-20-30(32)34(29)33(25)28/h1-21H. The van der Waals surface area contributed by atoms with E-state index in [0.29, 0.717) is 0 Å². The molecule has 0 atom stereocenters. The first kappa shape index (κ1) is 20.3. The summed E-state index contributed by atoms with van der Waals surface area (Å²) in [7, 11) is 0. The molecule has 0 aliphatic carbocycles. The van der Waals surface area contributed by atoms with Crippen LogP contribution in [0, 0.1) is 0 Å². The van der Waals surface area contributed by atoms with Crippen LogP contribution in [0.25, 0.3) is 65.7 Å². The van der Waals surface area contributed by atoms with Gasteiger partial charge >= 0.3 is 0 Å². The van der Waals surface area contributed by atoms with Crippen molar-refractivity contribution >= 4 is 43.9 Å². The molecule has 0 radical (unpaired) electrons. The van der Waals surface area contributed by atoms with Crippen LogP contribution < -0.4 is 0 Å². The Bertz CT molecular complexity index is 1820. The van der Waals surface area contributed by atoms with E-state index in [-0.39, 0.29) is 0 Å². The average Bonchev–Trinajstić information content (AvgIpc) is 2.93. The lowest BCUT2D eigenvalue weighted by Crippen LogP contribution is -1.92. The maximum absolute atomic E-state index is 6.24. The van der Waals surface area contributed by atoms with E-state index in [1.165, 1.54) is 65.7 Å². The highest BCUT2D eigenvalue weighted by atomic mass is 35.5. The molecule has 0 aliphatic heterocycles. The predicted octanol–water partition coefficient (Wildman–Crippen LogP) is 10.2. The summed E-state index contributed by atoms with van der Waals surface area (Å²) < 4.78 is 0. The number of benzene rings is 7. The highest BCUT2D eigenvalue weighted by molar-refractivity contribution is 6.31. The second-order valence-corrected chi connectivity index (χ2v) is 9.51. The van der Waals surface area contributed by atoms with Gasteiger partial charge in [0.2, 0.25) is 0 Å². The fourth-order valence-corrected chi connectivity index (χ4v) is 5.62. The number of hydrogen-bond donors (Lipinski definition) is 0. The molecular weight excluding hydrogens is 444 g/mol. The average molecular weight is 465 g/mol. The first-order chi connectivity index (χ1) is 17.3. The third-order valence-electron chi connectivity index (χ3n) is 7.11. The minimum absolute atomic E-state index is 0.752. The van der Waals surface area contributed by atoms with E-state index in [9.17, 15) is 0 Å². The zero-order chi connectivity index (χ0) is 23.4. The molecule has 164 valence electrons. The minimum atomic E-state index is 0.752. The van der Waals surface area contributed by atoms with E-state index >= 15 is 0 Å². The van der Waals surface area contributed by atoms with Gasteiger partial charge in [-0.3, -0.25) is 0 Å². The SMILES string of the molecule is Clc1ccc(-c2cc(-c3ccccc3)c3ccc4ccc(-c5ccccc5)c5ccc2c3c45)cc1. The topological polar surface area (TPSA) is 0 Å². The quantitative estimate of drug-likeness (QED) is 0.228. The molecule has 0 saturated heterocycles. The molecule has 0 nitrogen and oxygen atoms in total. The molecule has 0 spiro atoms. The Morgan fingerprint density at radius 2 is 0.857 bits per heavy atom. The summed E-state index contributed by atoms with van der Waals surface area (Å²) in [6.07, 6.45) is 0. The maximum atomic E-state index is 6.24. The van der Waals surface area contributed by atoms with Crippen molar-refractivity contribution in [3.8, 4) is 33.4 Å². The van der Waals surface area contributed by atoms with Crippen molar-refractivity contribution in [3.05, 3.63) is 132 Å². The van der Waals surface area contributed by atoms with Crippen molar-refractivity contribution in [1.82, 2.24) is 0 Å². The van der Waals surface area contributed by atoms with Crippen LogP contribution in [-0.2, 0) is 0 Å². The molecular formula is C34H21Cl. The van der Waals surface area contributed by atoms with Gasteiger partial charge in [0, 0.05) is 5.02 Å². The Morgan fingerprint density at radius 3 is 1.49 bits per heavy atom. The lowest BCUT2D eigenvalue weighted by atomic mass is 9.84. The molecule has 0 aliphatic rings. The summed E-state index contributed by atoms with van der Waals surface area (Å²) in [5.41, 5.74) is 7.39. The molecule has 0 heterocycles. The fourth-order valence-electron chi connectivity index (χ4n) is 5.49. The number of halogens is 1.